The molecule has 6 nitrogen and oxygen atoms in total. The zero-order chi connectivity index (χ0) is 24.8. The van der Waals surface area contributed by atoms with Crippen LogP contribution in [0.2, 0.25) is 0 Å². The molecule has 0 saturated carbocycles. The fourth-order valence-corrected chi connectivity index (χ4v) is 4.45. The van der Waals surface area contributed by atoms with E-state index in [1.165, 1.54) is 37.8 Å². The molecule has 0 radical (unpaired) electrons. The van der Waals surface area contributed by atoms with Gasteiger partial charge in [-0.25, -0.2) is 0 Å². The van der Waals surface area contributed by atoms with Gasteiger partial charge < -0.3 is 10.2 Å². The first-order chi connectivity index (χ1) is 15.8. The van der Waals surface area contributed by atoms with Gasteiger partial charge in [-0.05, 0) is 44.9 Å². The summed E-state index contributed by atoms with van der Waals surface area (Å²) in [6, 6.07) is 0. The number of hydrogen-bond donors (Lipinski definition) is 2. The van der Waals surface area contributed by atoms with Gasteiger partial charge in [-0.3, -0.25) is 9.35 Å². The van der Waals surface area contributed by atoms with Crippen LogP contribution in [0.15, 0.2) is 24.9 Å². The Hall–Kier alpha value is -1.34. The van der Waals surface area contributed by atoms with Crippen molar-refractivity contribution in [1.82, 2.24) is 10.2 Å². The highest BCUT2D eigenvalue weighted by Crippen LogP contribution is 2.14. The smallest absolute Gasteiger partial charge is 0.264 e. The molecular formula is C26H50N2O4S. The van der Waals surface area contributed by atoms with Gasteiger partial charge in [0, 0.05) is 31.8 Å². The third-order valence-corrected chi connectivity index (χ3v) is 6.63. The third kappa shape index (κ3) is 22.2. The van der Waals surface area contributed by atoms with E-state index in [9.17, 15) is 13.2 Å². The Morgan fingerprint density at radius 3 is 2.00 bits per heavy atom. The Kier molecular flexibility index (Phi) is 20.3. The molecule has 0 rings (SSSR count). The molecular weight excluding hydrogens is 436 g/mol. The maximum atomic E-state index is 12.1. The van der Waals surface area contributed by atoms with Gasteiger partial charge in [0.25, 0.3) is 10.1 Å². The minimum atomic E-state index is -3.82. The van der Waals surface area contributed by atoms with Gasteiger partial charge in [0.15, 0.2) is 0 Å². The molecule has 33 heavy (non-hydrogen) atoms. The molecule has 0 aliphatic rings. The normalized spacial score (nSPS) is 11.3. The van der Waals surface area contributed by atoms with Crippen molar-refractivity contribution in [3.05, 3.63) is 24.9 Å². The minimum absolute atomic E-state index is 0.115. The van der Waals surface area contributed by atoms with E-state index in [0.29, 0.717) is 19.4 Å². The van der Waals surface area contributed by atoms with Gasteiger partial charge in [-0.15, -0.1) is 6.58 Å². The molecule has 0 saturated heterocycles. The van der Waals surface area contributed by atoms with Crippen molar-refractivity contribution < 1.29 is 17.8 Å². The number of carbonyl (C=O) groups excluding carboxylic acids is 1. The van der Waals surface area contributed by atoms with E-state index in [4.69, 9.17) is 4.55 Å². The molecule has 0 aromatic rings. The zero-order valence-electron chi connectivity index (χ0n) is 21.2. The number of carbonyl (C=O) groups is 1. The average Bonchev–Trinajstić information content (AvgIpc) is 2.75. The largest absolute Gasteiger partial charge is 0.374 e. The Labute approximate surface area is 204 Å². The molecule has 0 unspecified atom stereocenters. The number of hydrogen-bond acceptors (Lipinski definition) is 4. The lowest BCUT2D eigenvalue weighted by molar-refractivity contribution is -0.121. The van der Waals surface area contributed by atoms with Gasteiger partial charge in [0.1, 0.15) is 0 Å². The molecule has 0 heterocycles. The SMILES string of the molecule is C=CCCCCCCCC(=C)N(CCC)CCNC(=O)CCCCCCCCCS(=O)(=O)O. The molecule has 2 N–H and O–H groups in total. The first kappa shape index (κ1) is 31.7. The van der Waals surface area contributed by atoms with Crippen molar-refractivity contribution in [3.63, 3.8) is 0 Å². The molecule has 0 aliphatic carbocycles. The molecule has 0 spiro atoms. The molecule has 0 atom stereocenters. The van der Waals surface area contributed by atoms with Crippen LogP contribution in [0.3, 0.4) is 0 Å². The Morgan fingerprint density at radius 1 is 0.879 bits per heavy atom. The van der Waals surface area contributed by atoms with Crippen LogP contribution < -0.4 is 5.32 Å². The van der Waals surface area contributed by atoms with Gasteiger partial charge in [-0.2, -0.15) is 8.42 Å². The van der Waals surface area contributed by atoms with Gasteiger partial charge >= 0.3 is 0 Å². The van der Waals surface area contributed by atoms with E-state index >= 15 is 0 Å². The second kappa shape index (κ2) is 21.2. The van der Waals surface area contributed by atoms with Crippen LogP contribution in [0.4, 0.5) is 0 Å². The van der Waals surface area contributed by atoms with Crippen LogP contribution in [-0.4, -0.2) is 49.2 Å². The lowest BCUT2D eigenvalue weighted by Crippen LogP contribution is -2.34. The molecule has 0 fully saturated rings. The van der Waals surface area contributed by atoms with E-state index < -0.39 is 10.1 Å². The summed E-state index contributed by atoms with van der Waals surface area (Å²) in [7, 11) is -3.82. The van der Waals surface area contributed by atoms with Crippen LogP contribution in [0.5, 0.6) is 0 Å². The van der Waals surface area contributed by atoms with E-state index in [0.717, 1.165) is 70.9 Å². The zero-order valence-corrected chi connectivity index (χ0v) is 22.0. The molecule has 0 aliphatic heterocycles. The van der Waals surface area contributed by atoms with Crippen LogP contribution in [0.25, 0.3) is 0 Å². The summed E-state index contributed by atoms with van der Waals surface area (Å²) < 4.78 is 30.0. The number of unbranched alkanes of at least 4 members (excludes halogenated alkanes) is 11. The van der Waals surface area contributed by atoms with Gasteiger partial charge in [0.05, 0.1) is 5.75 Å². The first-order valence-corrected chi connectivity index (χ1v) is 14.7. The van der Waals surface area contributed by atoms with Crippen molar-refractivity contribution in [2.45, 2.75) is 110 Å². The maximum Gasteiger partial charge on any atom is 0.264 e. The van der Waals surface area contributed by atoms with E-state index in [1.54, 1.807) is 0 Å². The highest BCUT2D eigenvalue weighted by molar-refractivity contribution is 7.85. The second-order valence-corrected chi connectivity index (χ2v) is 10.6. The van der Waals surface area contributed by atoms with E-state index in [-0.39, 0.29) is 11.7 Å². The third-order valence-electron chi connectivity index (χ3n) is 5.82. The highest BCUT2D eigenvalue weighted by atomic mass is 32.2. The van der Waals surface area contributed by atoms with Gasteiger partial charge in [0.2, 0.25) is 5.91 Å². The number of nitrogens with one attached hydrogen (secondary N) is 1. The molecule has 194 valence electrons. The van der Waals surface area contributed by atoms with Crippen LogP contribution >= 0.6 is 0 Å². The number of nitrogens with zero attached hydrogens (tertiary/aromatic N) is 1. The molecule has 0 bridgehead atoms. The fraction of sp³-hybridized carbons (Fsp3) is 0.808. The first-order valence-electron chi connectivity index (χ1n) is 13.1. The van der Waals surface area contributed by atoms with Crippen LogP contribution in [0, 0.1) is 0 Å². The molecule has 0 aromatic carbocycles. The maximum absolute atomic E-state index is 12.1. The summed E-state index contributed by atoms with van der Waals surface area (Å²) >= 11 is 0. The van der Waals surface area contributed by atoms with Crippen molar-refractivity contribution in [2.24, 2.45) is 0 Å². The van der Waals surface area contributed by atoms with E-state index in [1.807, 2.05) is 6.08 Å². The Balaban J connectivity index is 3.77. The fourth-order valence-electron chi connectivity index (χ4n) is 3.88. The quantitative estimate of drug-likeness (QED) is 0.0956. The Bertz CT molecular complexity index is 620. The van der Waals surface area contributed by atoms with Crippen molar-refractivity contribution in [2.75, 3.05) is 25.4 Å². The summed E-state index contributed by atoms with van der Waals surface area (Å²) in [6.45, 7) is 12.7. The lowest BCUT2D eigenvalue weighted by Gasteiger charge is -2.26. The Morgan fingerprint density at radius 2 is 1.42 bits per heavy atom. The number of amides is 1. The molecule has 1 amide bonds. The average molecular weight is 487 g/mol. The summed E-state index contributed by atoms with van der Waals surface area (Å²) in [6.07, 6.45) is 18.3. The monoisotopic (exact) mass is 486 g/mol. The topological polar surface area (TPSA) is 86.7 Å². The predicted molar refractivity (Wildman–Crippen MR) is 140 cm³/mol. The summed E-state index contributed by atoms with van der Waals surface area (Å²) in [4.78, 5) is 14.4. The predicted octanol–water partition coefficient (Wildman–Crippen LogP) is 6.25. The summed E-state index contributed by atoms with van der Waals surface area (Å²) in [5, 5.41) is 3.04. The number of rotatable bonds is 24. The summed E-state index contributed by atoms with van der Waals surface area (Å²) in [5.41, 5.74) is 1.19. The standard InChI is InChI=1S/C26H50N2O4S/c1-4-6-7-8-10-13-16-19-25(3)28(22-5-2)23-21-27-26(29)20-17-14-11-9-12-15-18-24-33(30,31)32/h4H,1,3,5-24H2,2H3,(H,27,29)(H,30,31,32). The van der Waals surface area contributed by atoms with Gasteiger partial charge in [-0.1, -0.05) is 70.9 Å². The van der Waals surface area contributed by atoms with Crippen LogP contribution in [-0.2, 0) is 14.9 Å². The van der Waals surface area contributed by atoms with E-state index in [2.05, 4.69) is 30.3 Å². The summed E-state index contributed by atoms with van der Waals surface area (Å²) in [5.74, 6) is -0.0307. The lowest BCUT2D eigenvalue weighted by atomic mass is 10.1. The number of allylic oxidation sites excluding steroid dienone is 2. The second-order valence-electron chi connectivity index (χ2n) is 9.01. The minimum Gasteiger partial charge on any atom is -0.374 e. The molecule has 7 heteroatoms. The van der Waals surface area contributed by atoms with Crippen molar-refractivity contribution in [1.29, 1.82) is 0 Å². The molecule has 0 aromatic heterocycles. The van der Waals surface area contributed by atoms with Crippen molar-refractivity contribution >= 4 is 16.0 Å². The van der Waals surface area contributed by atoms with Crippen LogP contribution in [0.1, 0.15) is 110 Å². The highest BCUT2D eigenvalue weighted by Gasteiger charge is 2.08. The van der Waals surface area contributed by atoms with Crippen molar-refractivity contribution in [3.8, 4) is 0 Å².